The molecule has 0 N–H and O–H groups in total. The summed E-state index contributed by atoms with van der Waals surface area (Å²) < 4.78 is 5.01. The Hall–Kier alpha value is -2.94. The number of nitrogens with zero attached hydrogens (tertiary/aromatic N) is 4. The van der Waals surface area contributed by atoms with Crippen LogP contribution < -0.4 is 4.90 Å². The van der Waals surface area contributed by atoms with Crippen molar-refractivity contribution in [2.24, 2.45) is 0 Å². The molecule has 6 nitrogen and oxygen atoms in total. The van der Waals surface area contributed by atoms with E-state index in [1.165, 1.54) is 6.20 Å². The van der Waals surface area contributed by atoms with Crippen LogP contribution in [0.25, 0.3) is 11.4 Å². The second-order valence-electron chi connectivity index (χ2n) is 4.53. The van der Waals surface area contributed by atoms with Crippen LogP contribution in [0.15, 0.2) is 36.5 Å². The average molecular weight is 296 g/mol. The molecule has 112 valence electrons. The van der Waals surface area contributed by atoms with Crippen molar-refractivity contribution in [3.05, 3.63) is 42.1 Å². The number of hydrogen-bond donors (Lipinski definition) is 0. The molecule has 0 amide bonds. The van der Waals surface area contributed by atoms with E-state index in [0.717, 1.165) is 5.56 Å². The van der Waals surface area contributed by atoms with Gasteiger partial charge < -0.3 is 9.64 Å². The van der Waals surface area contributed by atoms with Crippen LogP contribution in [0.1, 0.15) is 17.3 Å². The fourth-order valence-electron chi connectivity index (χ4n) is 1.92. The summed E-state index contributed by atoms with van der Waals surface area (Å²) in [6, 6.07) is 11.5. The third-order valence-electron chi connectivity index (χ3n) is 2.97. The van der Waals surface area contributed by atoms with Gasteiger partial charge in [0.15, 0.2) is 5.82 Å². The highest BCUT2D eigenvalue weighted by atomic mass is 16.5. The first-order valence-corrected chi connectivity index (χ1v) is 6.85. The van der Waals surface area contributed by atoms with E-state index in [1.807, 2.05) is 36.4 Å². The first kappa shape index (κ1) is 15.4. The number of anilines is 1. The summed E-state index contributed by atoms with van der Waals surface area (Å²) in [6.45, 7) is 2.11. The Morgan fingerprint density at radius 3 is 2.73 bits per heavy atom. The van der Waals surface area contributed by atoms with Gasteiger partial charge in [-0.05, 0) is 6.92 Å². The molecular formula is C16H16N4O2. The van der Waals surface area contributed by atoms with E-state index in [1.54, 1.807) is 18.9 Å². The summed E-state index contributed by atoms with van der Waals surface area (Å²) in [6.07, 6.45) is 1.44. The van der Waals surface area contributed by atoms with Gasteiger partial charge in [0.05, 0.1) is 12.7 Å². The van der Waals surface area contributed by atoms with Crippen molar-refractivity contribution in [3.63, 3.8) is 0 Å². The summed E-state index contributed by atoms with van der Waals surface area (Å²) >= 11 is 0. The van der Waals surface area contributed by atoms with Crippen molar-refractivity contribution in [3.8, 4) is 17.5 Å². The molecule has 1 heterocycles. The van der Waals surface area contributed by atoms with Gasteiger partial charge in [-0.15, -0.1) is 0 Å². The highest BCUT2D eigenvalue weighted by Gasteiger charge is 2.19. The molecule has 1 aromatic heterocycles. The Morgan fingerprint density at radius 2 is 2.09 bits per heavy atom. The maximum atomic E-state index is 12.0. The Balaban J connectivity index is 2.48. The Labute approximate surface area is 129 Å². The van der Waals surface area contributed by atoms with E-state index in [9.17, 15) is 4.79 Å². The SMILES string of the molecule is CCOC(=O)c1cnc(-c2ccccc2)nc1N(C)CC#N. The van der Waals surface area contributed by atoms with Crippen molar-refractivity contribution < 1.29 is 9.53 Å². The maximum Gasteiger partial charge on any atom is 0.343 e. The molecule has 0 aliphatic rings. The van der Waals surface area contributed by atoms with Crippen LogP contribution in [-0.2, 0) is 4.74 Å². The maximum absolute atomic E-state index is 12.0. The van der Waals surface area contributed by atoms with Crippen molar-refractivity contribution in [1.82, 2.24) is 9.97 Å². The van der Waals surface area contributed by atoms with E-state index in [2.05, 4.69) is 9.97 Å². The minimum absolute atomic E-state index is 0.109. The molecule has 0 radical (unpaired) electrons. The Morgan fingerprint density at radius 1 is 1.36 bits per heavy atom. The van der Waals surface area contributed by atoms with Gasteiger partial charge in [-0.3, -0.25) is 0 Å². The molecule has 0 atom stereocenters. The van der Waals surface area contributed by atoms with Gasteiger partial charge in [-0.25, -0.2) is 14.8 Å². The van der Waals surface area contributed by atoms with E-state index in [0.29, 0.717) is 11.6 Å². The van der Waals surface area contributed by atoms with E-state index < -0.39 is 5.97 Å². The average Bonchev–Trinajstić information content (AvgIpc) is 2.55. The normalized spacial score (nSPS) is 9.86. The van der Waals surface area contributed by atoms with Gasteiger partial charge >= 0.3 is 5.97 Å². The first-order valence-electron chi connectivity index (χ1n) is 6.85. The topological polar surface area (TPSA) is 79.1 Å². The molecule has 0 saturated heterocycles. The van der Waals surface area contributed by atoms with Crippen LogP contribution in [0.3, 0.4) is 0 Å². The van der Waals surface area contributed by atoms with Crippen LogP contribution in [0.2, 0.25) is 0 Å². The lowest BCUT2D eigenvalue weighted by molar-refractivity contribution is 0.0526. The zero-order valence-electron chi connectivity index (χ0n) is 12.5. The predicted molar refractivity (Wildman–Crippen MR) is 82.3 cm³/mol. The summed E-state index contributed by atoms with van der Waals surface area (Å²) in [5, 5.41) is 8.87. The molecule has 0 bridgehead atoms. The number of esters is 1. The smallest absolute Gasteiger partial charge is 0.343 e. The number of aromatic nitrogens is 2. The third-order valence-corrected chi connectivity index (χ3v) is 2.97. The molecule has 6 heteroatoms. The molecule has 1 aromatic carbocycles. The van der Waals surface area contributed by atoms with Crippen LogP contribution >= 0.6 is 0 Å². The lowest BCUT2D eigenvalue weighted by Crippen LogP contribution is -2.23. The summed E-state index contributed by atoms with van der Waals surface area (Å²) in [7, 11) is 1.70. The number of carbonyl (C=O) groups excluding carboxylic acids is 1. The summed E-state index contributed by atoms with van der Waals surface area (Å²) in [5.41, 5.74) is 1.09. The summed E-state index contributed by atoms with van der Waals surface area (Å²) in [4.78, 5) is 22.3. The quantitative estimate of drug-likeness (QED) is 0.622. The minimum Gasteiger partial charge on any atom is -0.462 e. The zero-order valence-corrected chi connectivity index (χ0v) is 12.5. The molecule has 0 unspecified atom stereocenters. The van der Waals surface area contributed by atoms with Crippen LogP contribution in [0.4, 0.5) is 5.82 Å². The predicted octanol–water partition coefficient (Wildman–Crippen LogP) is 2.28. The number of nitriles is 1. The Kier molecular flexibility index (Phi) is 5.04. The molecule has 0 aliphatic heterocycles. The van der Waals surface area contributed by atoms with Gasteiger partial charge in [0.25, 0.3) is 0 Å². The van der Waals surface area contributed by atoms with Crippen molar-refractivity contribution in [1.29, 1.82) is 5.26 Å². The highest BCUT2D eigenvalue weighted by molar-refractivity contribution is 5.94. The molecule has 0 spiro atoms. The minimum atomic E-state index is -0.498. The number of rotatable bonds is 5. The number of benzene rings is 1. The van der Waals surface area contributed by atoms with Crippen molar-refractivity contribution in [2.75, 3.05) is 25.1 Å². The van der Waals surface area contributed by atoms with Crippen LogP contribution in [-0.4, -0.2) is 36.1 Å². The van der Waals surface area contributed by atoms with Gasteiger partial charge in [0.2, 0.25) is 0 Å². The monoisotopic (exact) mass is 296 g/mol. The second kappa shape index (κ2) is 7.18. The standard InChI is InChI=1S/C16H16N4O2/c1-3-22-16(21)13-11-18-14(12-7-5-4-6-8-12)19-15(13)20(2)10-9-17/h4-8,11H,3,10H2,1-2H3. The fourth-order valence-corrected chi connectivity index (χ4v) is 1.92. The molecule has 0 fully saturated rings. The van der Waals surface area contributed by atoms with Crippen molar-refractivity contribution >= 4 is 11.8 Å². The van der Waals surface area contributed by atoms with Gasteiger partial charge in [0, 0.05) is 18.8 Å². The molecule has 0 saturated carbocycles. The van der Waals surface area contributed by atoms with E-state index >= 15 is 0 Å². The van der Waals surface area contributed by atoms with E-state index in [-0.39, 0.29) is 18.7 Å². The second-order valence-corrected chi connectivity index (χ2v) is 4.53. The lowest BCUT2D eigenvalue weighted by Gasteiger charge is -2.18. The van der Waals surface area contributed by atoms with Gasteiger partial charge in [-0.2, -0.15) is 5.26 Å². The van der Waals surface area contributed by atoms with Crippen LogP contribution in [0.5, 0.6) is 0 Å². The number of ether oxygens (including phenoxy) is 1. The van der Waals surface area contributed by atoms with Crippen molar-refractivity contribution in [2.45, 2.75) is 6.92 Å². The fraction of sp³-hybridized carbons (Fsp3) is 0.250. The summed E-state index contributed by atoms with van der Waals surface area (Å²) in [5.74, 6) is 0.379. The zero-order chi connectivity index (χ0) is 15.9. The molecule has 0 aliphatic carbocycles. The van der Waals surface area contributed by atoms with Gasteiger partial charge in [-0.1, -0.05) is 30.3 Å². The number of hydrogen-bond acceptors (Lipinski definition) is 6. The molecular weight excluding hydrogens is 280 g/mol. The van der Waals surface area contributed by atoms with E-state index in [4.69, 9.17) is 10.00 Å². The highest BCUT2D eigenvalue weighted by Crippen LogP contribution is 2.22. The van der Waals surface area contributed by atoms with Gasteiger partial charge in [0.1, 0.15) is 17.9 Å². The largest absolute Gasteiger partial charge is 0.462 e. The third kappa shape index (κ3) is 3.38. The first-order chi connectivity index (χ1) is 10.7. The number of carbonyl (C=O) groups is 1. The molecule has 2 rings (SSSR count). The van der Waals surface area contributed by atoms with Crippen LogP contribution in [0, 0.1) is 11.3 Å². The lowest BCUT2D eigenvalue weighted by atomic mass is 10.2. The molecule has 2 aromatic rings. The Bertz CT molecular complexity index is 695. The molecule has 22 heavy (non-hydrogen) atoms.